The molecule has 3 fully saturated rings. The molecule has 0 spiro atoms. The summed E-state index contributed by atoms with van der Waals surface area (Å²) in [5, 5.41) is 9.57. The van der Waals surface area contributed by atoms with Crippen LogP contribution in [0.5, 0.6) is 5.88 Å². The number of nitrogens with one attached hydrogen (secondary N) is 1. The van der Waals surface area contributed by atoms with Crippen LogP contribution < -0.4 is 4.74 Å². The molecule has 0 radical (unpaired) electrons. The zero-order valence-electron chi connectivity index (χ0n) is 19.2. The van der Waals surface area contributed by atoms with Gasteiger partial charge in [-0.15, -0.1) is 0 Å². The number of imidazole rings is 1. The van der Waals surface area contributed by atoms with E-state index in [4.69, 9.17) is 4.74 Å². The van der Waals surface area contributed by atoms with Crippen LogP contribution in [0.2, 0.25) is 0 Å². The lowest BCUT2D eigenvalue weighted by molar-refractivity contribution is -0.162. The molecule has 2 aromatic heterocycles. The molecule has 0 saturated heterocycles. The molecule has 36 heavy (non-hydrogen) atoms. The summed E-state index contributed by atoms with van der Waals surface area (Å²) >= 11 is 0. The second kappa shape index (κ2) is 8.08. The molecule has 2 bridgehead atoms. The molecule has 0 atom stereocenters. The molecule has 7 rings (SSSR count). The number of aromatic amines is 1. The number of nitrogens with zero attached hydrogens (tertiary/aromatic N) is 2. The molecule has 3 aliphatic rings. The third-order valence-electron chi connectivity index (χ3n) is 7.75. The Hall–Kier alpha value is -3.88. The first-order valence-electron chi connectivity index (χ1n) is 11.8. The molecule has 0 aliphatic heterocycles. The topological polar surface area (TPSA) is 88.1 Å². The van der Waals surface area contributed by atoms with E-state index in [1.807, 2.05) is 0 Å². The number of ether oxygens (including phenoxy) is 1. The fourth-order valence-corrected chi connectivity index (χ4v) is 5.51. The summed E-state index contributed by atoms with van der Waals surface area (Å²) < 4.78 is 48.7. The number of benzene rings is 2. The first kappa shape index (κ1) is 22.6. The van der Waals surface area contributed by atoms with Gasteiger partial charge in [-0.05, 0) is 68.4 Å². The average Bonchev–Trinajstić information content (AvgIpc) is 3.29. The first-order valence-corrected chi connectivity index (χ1v) is 11.8. The van der Waals surface area contributed by atoms with Crippen molar-refractivity contribution < 1.29 is 27.8 Å². The van der Waals surface area contributed by atoms with Gasteiger partial charge in [0, 0.05) is 23.9 Å². The van der Waals surface area contributed by atoms with E-state index in [1.165, 1.54) is 12.1 Å². The van der Waals surface area contributed by atoms with Crippen LogP contribution in [0.3, 0.4) is 0 Å². The van der Waals surface area contributed by atoms with Crippen molar-refractivity contribution in [2.24, 2.45) is 5.41 Å². The van der Waals surface area contributed by atoms with Gasteiger partial charge in [0.15, 0.2) is 5.82 Å². The van der Waals surface area contributed by atoms with Gasteiger partial charge in [0.05, 0.1) is 16.5 Å². The van der Waals surface area contributed by atoms with E-state index in [0.29, 0.717) is 55.5 Å². The van der Waals surface area contributed by atoms with Gasteiger partial charge in [-0.1, -0.05) is 6.07 Å². The molecule has 2 aromatic carbocycles. The van der Waals surface area contributed by atoms with E-state index in [0.717, 1.165) is 12.1 Å². The van der Waals surface area contributed by atoms with Gasteiger partial charge in [-0.2, -0.15) is 0 Å². The highest BCUT2D eigenvalue weighted by Gasteiger charge is 2.54. The summed E-state index contributed by atoms with van der Waals surface area (Å²) in [6, 6.07) is 9.94. The zero-order valence-corrected chi connectivity index (χ0v) is 19.2. The summed E-state index contributed by atoms with van der Waals surface area (Å²) in [5.74, 6) is -2.29. The Bertz CT molecular complexity index is 1480. The fraction of sp³-hybridized carbons (Fsp3) is 0.296. The highest BCUT2D eigenvalue weighted by Crippen LogP contribution is 2.53. The first-order chi connectivity index (χ1) is 17.3. The lowest BCUT2D eigenvalue weighted by atomic mass is 9.58. The largest absolute Gasteiger partial charge is 0.481 e. The number of halogens is 3. The standard InChI is InChI=1S/C27H22F3N3O3/c28-17-12-20(30)23-21(13-17)32-24(33-23)18-3-1-15(11-19(18)29)16-2-4-22(31-14-16)36-27-8-5-26(6-9-27,7-10-27)25(34)35/h1-4,11-14H,5-10H2,(H,32,33)(H,34,35). The minimum absolute atomic E-state index is 0.0567. The molecule has 3 saturated carbocycles. The predicted octanol–water partition coefficient (Wildman–Crippen LogP) is 6.27. The lowest BCUT2D eigenvalue weighted by Crippen LogP contribution is -2.52. The third-order valence-corrected chi connectivity index (χ3v) is 7.75. The van der Waals surface area contributed by atoms with Crippen molar-refractivity contribution in [2.45, 2.75) is 44.1 Å². The maximum Gasteiger partial charge on any atom is 0.309 e. The molecule has 184 valence electrons. The number of rotatable bonds is 5. The number of fused-ring (bicyclic) bond motifs is 4. The minimum atomic E-state index is -0.819. The van der Waals surface area contributed by atoms with E-state index in [9.17, 15) is 23.1 Å². The molecule has 0 unspecified atom stereocenters. The Morgan fingerprint density at radius 3 is 2.28 bits per heavy atom. The van der Waals surface area contributed by atoms with E-state index in [1.54, 1.807) is 24.4 Å². The number of aromatic nitrogens is 3. The molecule has 2 heterocycles. The zero-order chi connectivity index (χ0) is 25.1. The van der Waals surface area contributed by atoms with Gasteiger partial charge < -0.3 is 14.8 Å². The second-order valence-corrected chi connectivity index (χ2v) is 9.82. The number of aliphatic carboxylic acids is 1. The van der Waals surface area contributed by atoms with Gasteiger partial charge in [-0.3, -0.25) is 4.79 Å². The summed E-state index contributed by atoms with van der Waals surface area (Å²) in [6.45, 7) is 0. The summed E-state index contributed by atoms with van der Waals surface area (Å²) in [5.41, 5.74) is 0.505. The van der Waals surface area contributed by atoms with E-state index < -0.39 is 28.8 Å². The van der Waals surface area contributed by atoms with Gasteiger partial charge in [0.1, 0.15) is 28.6 Å². The third kappa shape index (κ3) is 3.70. The Labute approximate surface area is 204 Å². The number of H-pyrrole nitrogens is 1. The van der Waals surface area contributed by atoms with E-state index in [2.05, 4.69) is 15.0 Å². The lowest BCUT2D eigenvalue weighted by Gasteiger charge is -2.50. The SMILES string of the molecule is O=C(O)C12CCC(Oc3ccc(-c4ccc(-c5nc6c(F)cc(F)cc6[nH]5)c(F)c4)cn3)(CC1)CC2. The second-order valence-electron chi connectivity index (χ2n) is 9.82. The number of pyridine rings is 1. The summed E-state index contributed by atoms with van der Waals surface area (Å²) in [6.07, 6.45) is 5.50. The van der Waals surface area contributed by atoms with Gasteiger partial charge in [0.25, 0.3) is 0 Å². The highest BCUT2D eigenvalue weighted by molar-refractivity contribution is 5.80. The van der Waals surface area contributed by atoms with Crippen LogP contribution in [-0.4, -0.2) is 31.6 Å². The Kier molecular flexibility index (Phi) is 5.07. The van der Waals surface area contributed by atoms with E-state index in [-0.39, 0.29) is 28.0 Å². The average molecular weight is 493 g/mol. The van der Waals surface area contributed by atoms with Crippen LogP contribution in [0, 0.1) is 22.9 Å². The maximum atomic E-state index is 15.0. The van der Waals surface area contributed by atoms with Crippen LogP contribution in [0.1, 0.15) is 38.5 Å². The van der Waals surface area contributed by atoms with Gasteiger partial charge in [0.2, 0.25) is 5.88 Å². The van der Waals surface area contributed by atoms with Crippen LogP contribution in [0.15, 0.2) is 48.7 Å². The van der Waals surface area contributed by atoms with Crippen molar-refractivity contribution in [3.8, 4) is 28.4 Å². The predicted molar refractivity (Wildman–Crippen MR) is 126 cm³/mol. The highest BCUT2D eigenvalue weighted by atomic mass is 19.1. The Balaban J connectivity index is 1.20. The minimum Gasteiger partial charge on any atom is -0.481 e. The van der Waals surface area contributed by atoms with Crippen LogP contribution in [0.25, 0.3) is 33.5 Å². The molecule has 2 N–H and O–H groups in total. The molecule has 6 nitrogen and oxygen atoms in total. The molecule has 0 amide bonds. The molecule has 9 heteroatoms. The summed E-state index contributed by atoms with van der Waals surface area (Å²) in [7, 11) is 0. The monoisotopic (exact) mass is 493 g/mol. The number of carboxylic acid groups (broad SMARTS) is 1. The maximum absolute atomic E-state index is 15.0. The van der Waals surface area contributed by atoms with Crippen LogP contribution >= 0.6 is 0 Å². The number of carbonyl (C=O) groups is 1. The normalized spacial score (nSPS) is 23.2. The number of carboxylic acids is 1. The van der Waals surface area contributed by atoms with Crippen molar-refractivity contribution >= 4 is 17.0 Å². The Morgan fingerprint density at radius 1 is 0.917 bits per heavy atom. The molecular weight excluding hydrogens is 471 g/mol. The van der Waals surface area contributed by atoms with Crippen molar-refractivity contribution in [1.82, 2.24) is 15.0 Å². The van der Waals surface area contributed by atoms with Crippen molar-refractivity contribution in [2.75, 3.05) is 0 Å². The van der Waals surface area contributed by atoms with Crippen LogP contribution in [0.4, 0.5) is 13.2 Å². The van der Waals surface area contributed by atoms with E-state index >= 15 is 0 Å². The fourth-order valence-electron chi connectivity index (χ4n) is 5.51. The molecular formula is C27H22F3N3O3. The van der Waals surface area contributed by atoms with Crippen molar-refractivity contribution in [1.29, 1.82) is 0 Å². The number of hydrogen-bond acceptors (Lipinski definition) is 4. The van der Waals surface area contributed by atoms with Crippen molar-refractivity contribution in [3.63, 3.8) is 0 Å². The summed E-state index contributed by atoms with van der Waals surface area (Å²) in [4.78, 5) is 22.9. The molecule has 4 aromatic rings. The molecule has 3 aliphatic carbocycles. The van der Waals surface area contributed by atoms with Gasteiger partial charge in [-0.25, -0.2) is 23.1 Å². The smallest absolute Gasteiger partial charge is 0.309 e. The quantitative estimate of drug-likeness (QED) is 0.342. The number of hydrogen-bond donors (Lipinski definition) is 2. The van der Waals surface area contributed by atoms with Crippen molar-refractivity contribution in [3.05, 3.63) is 66.1 Å². The van der Waals surface area contributed by atoms with Crippen LogP contribution in [-0.2, 0) is 4.79 Å². The Morgan fingerprint density at radius 2 is 1.64 bits per heavy atom. The van der Waals surface area contributed by atoms with Gasteiger partial charge >= 0.3 is 5.97 Å².